The summed E-state index contributed by atoms with van der Waals surface area (Å²) < 4.78 is 31.6. The highest BCUT2D eigenvalue weighted by Crippen LogP contribution is 2.61. The lowest BCUT2D eigenvalue weighted by atomic mass is 9.52. The number of rotatable bonds is 16. The molecule has 16 heteroatoms. The van der Waals surface area contributed by atoms with Gasteiger partial charge in [0, 0.05) is 93.1 Å². The van der Waals surface area contributed by atoms with E-state index in [0.29, 0.717) is 62.6 Å². The average Bonchev–Trinajstić information content (AvgIpc) is 4.05. The molecule has 0 amide bonds. The Hall–Kier alpha value is -4.65. The summed E-state index contributed by atoms with van der Waals surface area (Å²) in [5, 5.41) is 69.8. The van der Waals surface area contributed by atoms with Crippen molar-refractivity contribution in [3.05, 3.63) is 69.1 Å². The van der Waals surface area contributed by atoms with Crippen LogP contribution in [-0.2, 0) is 43.3 Å². The van der Waals surface area contributed by atoms with E-state index in [1.54, 1.807) is 14.0 Å². The van der Waals surface area contributed by atoms with Crippen LogP contribution >= 0.6 is 0 Å². The Labute approximate surface area is 415 Å². The monoisotopic (exact) mass is 984 g/mol. The van der Waals surface area contributed by atoms with Gasteiger partial charge >= 0.3 is 5.97 Å². The SMILES string of the molecule is CCOC(=O)C1=C(C=O)C2=C3CC(CO)C(=O)C(C3)c3cc4cc[nH]c4cc3CCC(CO)COc3c4c(c(CO)c(c32)O1)OC(C1(O)C(CCCO)C(CO)CC2C(CC)N(CCCOC)CCC21)C4. The zero-order valence-corrected chi connectivity index (χ0v) is 41.3. The van der Waals surface area contributed by atoms with E-state index in [4.69, 9.17) is 23.7 Å². The van der Waals surface area contributed by atoms with Crippen molar-refractivity contribution in [3.63, 3.8) is 0 Å². The smallest absolute Gasteiger partial charge is 0.375 e. The van der Waals surface area contributed by atoms with Crippen molar-refractivity contribution in [2.24, 2.45) is 35.5 Å². The van der Waals surface area contributed by atoms with Crippen molar-refractivity contribution in [1.82, 2.24) is 9.88 Å². The number of nitrogens with zero attached hydrogens (tertiary/aromatic N) is 1. The van der Waals surface area contributed by atoms with Gasteiger partial charge < -0.3 is 64.2 Å². The summed E-state index contributed by atoms with van der Waals surface area (Å²) in [5.41, 5.74) is 2.63. The summed E-state index contributed by atoms with van der Waals surface area (Å²) >= 11 is 0. The first-order valence-electron chi connectivity index (χ1n) is 25.9. The fraction of sp³-hybridized carbons (Fsp3) is 0.618. The summed E-state index contributed by atoms with van der Waals surface area (Å²) in [5.74, 6) is -4.23. The number of fused-ring (bicyclic) bond motifs is 8. The molecular weight excluding hydrogens is 913 g/mol. The highest BCUT2D eigenvalue weighted by Gasteiger charge is 2.62. The summed E-state index contributed by atoms with van der Waals surface area (Å²) in [6.45, 7) is 4.28. The Kier molecular flexibility index (Phi) is 15.8. The number of likely N-dealkylation sites (tertiary alicyclic amines) is 1. The van der Waals surface area contributed by atoms with Gasteiger partial charge in [-0.05, 0) is 136 Å². The molecule has 2 bridgehead atoms. The van der Waals surface area contributed by atoms with Gasteiger partial charge in [-0.3, -0.25) is 9.59 Å². The fourth-order valence-corrected chi connectivity index (χ4v) is 13.8. The van der Waals surface area contributed by atoms with E-state index in [2.05, 4.69) is 16.8 Å². The first-order chi connectivity index (χ1) is 34.5. The van der Waals surface area contributed by atoms with Crippen molar-refractivity contribution in [1.29, 1.82) is 0 Å². The highest BCUT2D eigenvalue weighted by molar-refractivity contribution is 6.11. The number of H-pyrrole nitrogens is 1. The number of aliphatic hydroxyl groups is 6. The van der Waals surface area contributed by atoms with Crippen molar-refractivity contribution >= 4 is 34.5 Å². The molecule has 3 fully saturated rings. The number of benzene rings is 2. The summed E-state index contributed by atoms with van der Waals surface area (Å²) in [4.78, 5) is 48.2. The van der Waals surface area contributed by atoms with Crippen LogP contribution in [0.1, 0.15) is 105 Å². The maximum atomic E-state index is 14.6. The number of aldehydes is 1. The van der Waals surface area contributed by atoms with Gasteiger partial charge in [0.1, 0.15) is 34.7 Å². The number of piperidine rings is 1. The Bertz CT molecular complexity index is 2530. The molecule has 2 aliphatic carbocycles. The second-order valence-corrected chi connectivity index (χ2v) is 20.7. The number of nitrogens with one attached hydrogen (secondary N) is 1. The van der Waals surface area contributed by atoms with Gasteiger partial charge in [0.15, 0.2) is 6.29 Å². The van der Waals surface area contributed by atoms with Crippen LogP contribution in [0.3, 0.4) is 0 Å². The van der Waals surface area contributed by atoms with Crippen LogP contribution in [0.15, 0.2) is 41.3 Å². The Morgan fingerprint density at radius 3 is 2.55 bits per heavy atom. The number of aromatic amines is 1. The second kappa shape index (κ2) is 21.8. The number of carbonyl (C=O) groups is 3. The Balaban J connectivity index is 1.26. The molecule has 2 aromatic carbocycles. The topological polar surface area (TPSA) is 238 Å². The molecule has 7 N–H and O–H groups in total. The van der Waals surface area contributed by atoms with Gasteiger partial charge in [-0.15, -0.1) is 0 Å². The van der Waals surface area contributed by atoms with E-state index >= 15 is 0 Å². The van der Waals surface area contributed by atoms with Crippen molar-refractivity contribution in [3.8, 4) is 17.2 Å². The maximum Gasteiger partial charge on any atom is 0.375 e. The molecule has 10 atom stereocenters. The number of hydrogen-bond acceptors (Lipinski definition) is 15. The molecule has 1 saturated heterocycles. The Morgan fingerprint density at radius 1 is 1.01 bits per heavy atom. The first-order valence-corrected chi connectivity index (χ1v) is 25.9. The summed E-state index contributed by atoms with van der Waals surface area (Å²) in [6.07, 6.45) is 6.46. The predicted octanol–water partition coefficient (Wildman–Crippen LogP) is 4.70. The molecule has 5 heterocycles. The van der Waals surface area contributed by atoms with Gasteiger partial charge in [-0.2, -0.15) is 0 Å². The number of hydrogen-bond donors (Lipinski definition) is 7. The average molecular weight is 985 g/mol. The normalized spacial score (nSPS) is 29.6. The molecule has 9 rings (SSSR count). The zero-order chi connectivity index (χ0) is 50.1. The van der Waals surface area contributed by atoms with Gasteiger partial charge in [-0.1, -0.05) is 12.5 Å². The molecule has 71 heavy (non-hydrogen) atoms. The quantitative estimate of drug-likeness (QED) is 0.0585. The van der Waals surface area contributed by atoms with Gasteiger partial charge in [0.2, 0.25) is 5.76 Å². The van der Waals surface area contributed by atoms with Crippen LogP contribution in [0.25, 0.3) is 16.5 Å². The Morgan fingerprint density at radius 2 is 1.85 bits per heavy atom. The first kappa shape index (κ1) is 51.3. The van der Waals surface area contributed by atoms with Crippen LogP contribution in [0.5, 0.6) is 17.2 Å². The summed E-state index contributed by atoms with van der Waals surface area (Å²) in [7, 11) is 1.70. The number of carbonyl (C=O) groups excluding carboxylic acids is 3. The zero-order valence-electron chi connectivity index (χ0n) is 41.3. The van der Waals surface area contributed by atoms with Gasteiger partial charge in [0.25, 0.3) is 0 Å². The molecule has 4 aliphatic heterocycles. The molecule has 6 aliphatic rings. The largest absolute Gasteiger partial charge is 0.492 e. The van der Waals surface area contributed by atoms with Gasteiger partial charge in [0.05, 0.1) is 43.1 Å². The minimum atomic E-state index is -1.56. The van der Waals surface area contributed by atoms with E-state index in [-0.39, 0.29) is 121 Å². The van der Waals surface area contributed by atoms with E-state index < -0.39 is 60.3 Å². The third kappa shape index (κ3) is 9.04. The number of ketones is 1. The van der Waals surface area contributed by atoms with Crippen molar-refractivity contribution < 1.29 is 68.7 Å². The summed E-state index contributed by atoms with van der Waals surface area (Å²) in [6, 6.07) is 6.07. The third-order valence-electron chi connectivity index (χ3n) is 17.1. The van der Waals surface area contributed by atoms with Crippen LogP contribution < -0.4 is 14.2 Å². The minimum absolute atomic E-state index is 0.00843. The van der Waals surface area contributed by atoms with Crippen LogP contribution in [0.2, 0.25) is 0 Å². The maximum absolute atomic E-state index is 14.6. The number of methoxy groups -OCH3 is 1. The van der Waals surface area contributed by atoms with E-state index in [1.807, 2.05) is 24.4 Å². The second-order valence-electron chi connectivity index (χ2n) is 20.7. The van der Waals surface area contributed by atoms with Crippen LogP contribution in [0.4, 0.5) is 0 Å². The van der Waals surface area contributed by atoms with Crippen LogP contribution in [0, 0.1) is 35.5 Å². The highest BCUT2D eigenvalue weighted by atomic mass is 16.6. The molecule has 0 spiro atoms. The third-order valence-corrected chi connectivity index (χ3v) is 17.1. The number of allylic oxidation sites excluding steroid dienone is 3. The van der Waals surface area contributed by atoms with Gasteiger partial charge in [-0.25, -0.2) is 4.79 Å². The molecular formula is C55H72N2O14. The lowest BCUT2D eigenvalue weighted by molar-refractivity contribution is -0.216. The lowest BCUT2D eigenvalue weighted by Gasteiger charge is -2.60. The standard InChI is InChI=1S/C55H72N2O14/c1-4-45-38-21-34(25-60)42(8-6-16-58)55(66,43(38)12-15-57(45)14-7-17-67-3)46-23-39-50(70-46)41(28-63)52-48-47(40(27-62)53(71-52)54(65)68-5-2)33-18-35(26-61)49(64)37(20-33)36-19-32-11-13-56-44(32)22-31(36)10-9-30(24-59)29-69-51(39)48/h11,13,19,22,27,30,34-35,37-38,42-43,45-46,56,58-61,63,66H,4-10,12,14-18,20-21,23-26,28-29H2,1-3H3. The number of aliphatic hydroxyl groups excluding tert-OH is 5. The molecule has 16 nitrogen and oxygen atoms in total. The number of esters is 1. The van der Waals surface area contributed by atoms with Crippen molar-refractivity contribution in [2.75, 3.05) is 66.4 Å². The number of Topliss-reactive ketones (excluding diaryl/α,β-unsaturated/α-hetero) is 1. The van der Waals surface area contributed by atoms with E-state index in [0.717, 1.165) is 48.0 Å². The fourth-order valence-electron chi connectivity index (χ4n) is 13.8. The van der Waals surface area contributed by atoms with Crippen molar-refractivity contribution in [2.45, 2.75) is 115 Å². The molecule has 10 unspecified atom stereocenters. The molecule has 0 radical (unpaired) electrons. The molecule has 3 aromatic rings. The lowest BCUT2D eigenvalue weighted by Crippen LogP contribution is -2.68. The van der Waals surface area contributed by atoms with E-state index in [1.165, 1.54) is 0 Å². The number of ether oxygens (including phenoxy) is 5. The molecule has 1 aromatic heterocycles. The predicted molar refractivity (Wildman–Crippen MR) is 262 cm³/mol. The molecule has 386 valence electrons. The van der Waals surface area contributed by atoms with Crippen LogP contribution in [-0.4, -0.2) is 143 Å². The number of aryl methyl sites for hydroxylation is 1. The minimum Gasteiger partial charge on any atom is -0.492 e. The number of aromatic nitrogens is 1. The van der Waals surface area contributed by atoms with E-state index in [9.17, 15) is 45.0 Å². The molecule has 2 saturated carbocycles.